The average Bonchev–Trinajstić information content (AvgIpc) is 0.815. The number of nitrogens with one attached hydrogen (secondary N) is 4. The molecule has 24 nitrogen and oxygen atoms in total. The molecule has 1 aliphatic rings. The van der Waals surface area contributed by atoms with E-state index in [2.05, 4.69) is 41.7 Å². The second-order valence-corrected chi connectivity index (χ2v) is 31.0. The van der Waals surface area contributed by atoms with Gasteiger partial charge in [-0.05, 0) is 120 Å². The van der Waals surface area contributed by atoms with E-state index < -0.39 is 160 Å². The number of thioether (sulfide) groups is 1. The Kier molecular flexibility index (Phi) is 38.0. The molecule has 0 aromatic heterocycles. The van der Waals surface area contributed by atoms with Gasteiger partial charge in [0.15, 0.2) is 5.37 Å². The van der Waals surface area contributed by atoms with Crippen molar-refractivity contribution in [2.45, 2.75) is 267 Å². The minimum absolute atomic E-state index is 0.0116. The molecule has 25 heteroatoms. The van der Waals surface area contributed by atoms with Gasteiger partial charge in [-0.3, -0.25) is 52.7 Å². The molecule has 1 fully saturated rings. The zero-order valence-corrected chi connectivity index (χ0v) is 64.9. The number of carbonyl (C=O) groups excluding carboxylic acids is 11. The van der Waals surface area contributed by atoms with E-state index >= 15 is 38.4 Å². The molecule has 0 unspecified atom stereocenters. The Balaban J connectivity index is 4.64. The smallest absolute Gasteiger partial charge is 0.256 e. The third-order valence-electron chi connectivity index (χ3n) is 18.2. The topological polar surface area (TPSA) is 288 Å². The number of nitrogens with zero attached hydrogens (tertiary/aromatic N) is 7. The Labute approximate surface area is 587 Å². The average molecular weight is 1390 g/mol. The SMILES string of the molecule is C=CCOC(C)(C)C[C@H]1C(=O)N[C@@H](C(C)C)C(=O)N(C)[C@@H](CC(C)C)C(=O)N[C@@H](C)C(=O)N[C@H](C)C(=O)N(C)[C@@H](CC(C)C)C(=O)N(C)[C@@H](CC(C)C)C(=O)N(C)[C@@H](C(C)C)C(=O)N(C)[C@@H]([C@H](O)[C@H](C)C/C=C/C)C(=O)N[C@@H](CC)C(=O)N(C)[C@H](SCCCCC(C)C)C(=O)N1C. The summed E-state index contributed by atoms with van der Waals surface area (Å²) in [6.07, 6.45) is 6.59. The maximum absolute atomic E-state index is 15.6. The molecule has 0 saturated carbocycles. The molecule has 0 aliphatic carbocycles. The second-order valence-electron chi connectivity index (χ2n) is 29.8. The van der Waals surface area contributed by atoms with Gasteiger partial charge in [0.2, 0.25) is 59.1 Å². The predicted octanol–water partition coefficient (Wildman–Crippen LogP) is 6.48. The summed E-state index contributed by atoms with van der Waals surface area (Å²) in [6.45, 7) is 37.8. The molecule has 5 N–H and O–H groups in total. The number of carbonyl (C=O) groups is 11. The maximum Gasteiger partial charge on any atom is 0.256 e. The van der Waals surface area contributed by atoms with Gasteiger partial charge >= 0.3 is 0 Å². The van der Waals surface area contributed by atoms with Crippen molar-refractivity contribution in [3.05, 3.63) is 24.8 Å². The summed E-state index contributed by atoms with van der Waals surface area (Å²) in [7, 11) is 10.0. The highest BCUT2D eigenvalue weighted by molar-refractivity contribution is 8.00. The molecule has 13 atom stereocenters. The van der Waals surface area contributed by atoms with Crippen LogP contribution in [0.2, 0.25) is 0 Å². The van der Waals surface area contributed by atoms with Crippen LogP contribution in [0.1, 0.15) is 189 Å². The fourth-order valence-electron chi connectivity index (χ4n) is 12.1. The van der Waals surface area contributed by atoms with E-state index in [1.54, 1.807) is 67.5 Å². The fourth-order valence-corrected chi connectivity index (χ4v) is 13.3. The molecule has 0 radical (unpaired) electrons. The molecule has 0 spiro atoms. The van der Waals surface area contributed by atoms with Crippen molar-refractivity contribution in [3.63, 3.8) is 0 Å². The van der Waals surface area contributed by atoms with E-state index in [0.717, 1.165) is 17.7 Å². The summed E-state index contributed by atoms with van der Waals surface area (Å²) in [6, 6.07) is -12.9. The molecular formula is C72H129N11O13S. The highest BCUT2D eigenvalue weighted by atomic mass is 32.2. The van der Waals surface area contributed by atoms with E-state index in [0.29, 0.717) is 24.5 Å². The molecule has 1 saturated heterocycles. The Morgan fingerprint density at radius 2 is 1.00 bits per heavy atom. The predicted molar refractivity (Wildman–Crippen MR) is 384 cm³/mol. The standard InChI is InChI=1S/C72H129N11O13S/c1-28-31-35-48(16)59(84)58-63(88)75-51(30-3)65(90)83(27)71(97-37-33-32-34-42(4)5)70(95)80(24)55(41-72(19,20)96-36-29-2)62(87)76-56(46(12)13)68(93)77(21)52(38-43(6)7)61(86)73-49(17)60(85)74-50(18)64(89)78(22)53(39-44(8)9)66(91)79(23)54(40-45(10)11)67(92)81(25)57(47(14)15)69(94)82(58)26/h28-29,31,42-59,71,84H,2,30,32-41H2,1,3-27H3,(H,73,86)(H,74,85)(H,75,88)(H,76,87)/b31-28+/t48-,49+,50-,51+,52+,53+,54+,55+,56+,57+,58+,59-,71-/m1/s1. The fraction of sp³-hybridized carbons (Fsp3) is 0.792. The van der Waals surface area contributed by atoms with E-state index in [9.17, 15) is 19.5 Å². The number of unbranched alkanes of at least 4 members (excludes halogenated alkanes) is 1. The summed E-state index contributed by atoms with van der Waals surface area (Å²) in [5, 5.41) is 22.3. The highest BCUT2D eigenvalue weighted by Crippen LogP contribution is 2.29. The largest absolute Gasteiger partial charge is 0.390 e. The molecule has 1 heterocycles. The minimum Gasteiger partial charge on any atom is -0.390 e. The van der Waals surface area contributed by atoms with E-state index in [-0.39, 0.29) is 56.5 Å². The van der Waals surface area contributed by atoms with Crippen molar-refractivity contribution in [3.8, 4) is 0 Å². The van der Waals surface area contributed by atoms with Gasteiger partial charge in [-0.2, -0.15) is 0 Å². The summed E-state index contributed by atoms with van der Waals surface area (Å²) >= 11 is 1.19. The number of hydrogen-bond donors (Lipinski definition) is 5. The Morgan fingerprint density at radius 1 is 0.526 bits per heavy atom. The first-order chi connectivity index (χ1) is 44.9. The van der Waals surface area contributed by atoms with E-state index in [1.165, 1.54) is 104 Å². The van der Waals surface area contributed by atoms with Gasteiger partial charge in [0.25, 0.3) is 5.91 Å². The van der Waals surface area contributed by atoms with Crippen molar-refractivity contribution < 1.29 is 62.6 Å². The summed E-state index contributed by atoms with van der Waals surface area (Å²) in [5.74, 6) is -9.16. The number of ether oxygens (including phenoxy) is 1. The van der Waals surface area contributed by atoms with Crippen LogP contribution < -0.4 is 21.3 Å². The third kappa shape index (κ3) is 26.5. The highest BCUT2D eigenvalue weighted by Gasteiger charge is 2.47. The lowest BCUT2D eigenvalue weighted by Gasteiger charge is -2.41. The van der Waals surface area contributed by atoms with Gasteiger partial charge in [-0.25, -0.2) is 0 Å². The molecule has 0 aromatic carbocycles. The molecule has 0 bridgehead atoms. The maximum atomic E-state index is 15.6. The Bertz CT molecular complexity index is 2650. The number of rotatable bonds is 24. The van der Waals surface area contributed by atoms with Crippen molar-refractivity contribution in [2.24, 2.45) is 41.4 Å². The first kappa shape index (κ1) is 88.9. The number of allylic oxidation sites excluding steroid dienone is 2. The lowest BCUT2D eigenvalue weighted by molar-refractivity contribution is -0.157. The summed E-state index contributed by atoms with van der Waals surface area (Å²) in [4.78, 5) is 174. The second kappa shape index (κ2) is 41.5. The molecule has 97 heavy (non-hydrogen) atoms. The molecule has 1 rings (SSSR count). The van der Waals surface area contributed by atoms with Crippen LogP contribution in [0.4, 0.5) is 0 Å². The molecule has 0 aromatic rings. The van der Waals surface area contributed by atoms with E-state index in [1.807, 2.05) is 54.5 Å². The quantitative estimate of drug-likeness (QED) is 0.0511. The number of aliphatic hydroxyl groups is 1. The van der Waals surface area contributed by atoms with Crippen molar-refractivity contribution >= 4 is 76.7 Å². The Morgan fingerprint density at radius 3 is 1.48 bits per heavy atom. The minimum atomic E-state index is -1.65. The summed E-state index contributed by atoms with van der Waals surface area (Å²) < 4.78 is 6.17. The van der Waals surface area contributed by atoms with Crippen LogP contribution in [0, 0.1) is 41.4 Å². The lowest BCUT2D eigenvalue weighted by Crippen LogP contribution is -2.64. The van der Waals surface area contributed by atoms with Crippen LogP contribution in [-0.2, 0) is 57.5 Å². The molecule has 556 valence electrons. The van der Waals surface area contributed by atoms with Crippen LogP contribution in [0.15, 0.2) is 24.8 Å². The van der Waals surface area contributed by atoms with Crippen molar-refractivity contribution in [1.82, 2.24) is 55.6 Å². The number of amides is 11. The van der Waals surface area contributed by atoms with Gasteiger partial charge in [0.1, 0.15) is 60.4 Å². The zero-order valence-electron chi connectivity index (χ0n) is 64.1. The normalized spacial score (nSPS) is 26.0. The summed E-state index contributed by atoms with van der Waals surface area (Å²) in [5.41, 5.74) is -1.10. The van der Waals surface area contributed by atoms with Gasteiger partial charge in [0, 0.05) is 55.8 Å². The van der Waals surface area contributed by atoms with Crippen molar-refractivity contribution in [1.29, 1.82) is 0 Å². The Hall–Kier alpha value is -6.08. The van der Waals surface area contributed by atoms with Crippen molar-refractivity contribution in [2.75, 3.05) is 61.7 Å². The van der Waals surface area contributed by atoms with Crippen LogP contribution in [0.5, 0.6) is 0 Å². The van der Waals surface area contributed by atoms with Crippen LogP contribution in [-0.4, -0.2) is 244 Å². The first-order valence-electron chi connectivity index (χ1n) is 35.1. The van der Waals surface area contributed by atoms with E-state index in [4.69, 9.17) is 4.74 Å². The third-order valence-corrected chi connectivity index (χ3v) is 19.6. The number of hydrogen-bond acceptors (Lipinski definition) is 14. The molecule has 1 aliphatic heterocycles. The van der Waals surface area contributed by atoms with Gasteiger partial charge in [0.05, 0.1) is 18.3 Å². The zero-order chi connectivity index (χ0) is 75.0. The molecular weight excluding hydrogens is 1260 g/mol. The van der Waals surface area contributed by atoms with Gasteiger partial charge < -0.3 is 65.4 Å². The monoisotopic (exact) mass is 1390 g/mol. The molecule has 11 amide bonds. The number of aliphatic hydroxyl groups excluding tert-OH is 1. The van der Waals surface area contributed by atoms with Crippen LogP contribution in [0.3, 0.4) is 0 Å². The number of likely N-dealkylation sites (N-methyl/N-ethyl adjacent to an activating group) is 7. The van der Waals surface area contributed by atoms with Crippen LogP contribution in [0.25, 0.3) is 0 Å². The first-order valence-corrected chi connectivity index (χ1v) is 36.2. The van der Waals surface area contributed by atoms with Gasteiger partial charge in [-0.15, -0.1) is 18.3 Å². The lowest BCUT2D eigenvalue weighted by atomic mass is 9.91. The van der Waals surface area contributed by atoms with Crippen LogP contribution >= 0.6 is 11.8 Å². The van der Waals surface area contributed by atoms with Gasteiger partial charge in [-0.1, -0.05) is 128 Å².